The van der Waals surface area contributed by atoms with Gasteiger partial charge in [0.25, 0.3) is 0 Å². The van der Waals surface area contributed by atoms with Gasteiger partial charge in [0, 0.05) is 31.9 Å². The first-order chi connectivity index (χ1) is 12.8. The van der Waals surface area contributed by atoms with Crippen LogP contribution in [0.3, 0.4) is 0 Å². The lowest BCUT2D eigenvalue weighted by atomic mass is 9.99. The number of nitrogens with zero attached hydrogens (tertiary/aromatic N) is 3. The van der Waals surface area contributed by atoms with Crippen LogP contribution in [-0.4, -0.2) is 31.3 Å². The molecule has 1 aliphatic heterocycles. The summed E-state index contributed by atoms with van der Waals surface area (Å²) in [6.07, 6.45) is 2.43. The van der Waals surface area contributed by atoms with Crippen molar-refractivity contribution in [1.29, 1.82) is 0 Å². The Morgan fingerprint density at radius 1 is 1.26 bits per heavy atom. The molecule has 1 aliphatic rings. The van der Waals surface area contributed by atoms with Crippen molar-refractivity contribution in [2.24, 2.45) is 5.92 Å². The number of anilines is 1. The number of nitrogens with one attached hydrogen (secondary N) is 1. The summed E-state index contributed by atoms with van der Waals surface area (Å²) < 4.78 is 30.4. The molecule has 0 saturated carbocycles. The Morgan fingerprint density at radius 2 is 2.00 bits per heavy atom. The number of hydrogen-bond acceptors (Lipinski definition) is 4. The Labute approximate surface area is 162 Å². The molecule has 0 unspecified atom stereocenters. The van der Waals surface area contributed by atoms with Crippen molar-refractivity contribution in [3.63, 3.8) is 0 Å². The van der Waals surface area contributed by atoms with Gasteiger partial charge < -0.3 is 4.90 Å². The van der Waals surface area contributed by atoms with E-state index in [1.807, 2.05) is 25.1 Å². The van der Waals surface area contributed by atoms with Gasteiger partial charge in [0.05, 0.1) is 11.4 Å². The largest absolute Gasteiger partial charge is 0.371 e. The maximum atomic E-state index is 12.9. The van der Waals surface area contributed by atoms with E-state index in [-0.39, 0.29) is 6.54 Å². The third-order valence-corrected chi connectivity index (χ3v) is 6.98. The Morgan fingerprint density at radius 3 is 2.67 bits per heavy atom. The van der Waals surface area contributed by atoms with Gasteiger partial charge in [-0.3, -0.25) is 4.68 Å². The maximum absolute atomic E-state index is 12.9. The molecule has 2 heterocycles. The van der Waals surface area contributed by atoms with Crippen molar-refractivity contribution < 1.29 is 8.42 Å². The fourth-order valence-electron chi connectivity index (χ4n) is 4.00. The predicted octanol–water partition coefficient (Wildman–Crippen LogP) is 3.23. The molecule has 1 saturated heterocycles. The molecule has 3 rings (SSSR count). The molecular formula is C20H30N4O2S. The molecule has 0 aliphatic carbocycles. The molecule has 1 fully saturated rings. The minimum absolute atomic E-state index is 0.277. The van der Waals surface area contributed by atoms with Gasteiger partial charge in [-0.2, -0.15) is 5.10 Å². The standard InChI is InChI=1S/C20H30N4O2S/c1-5-24-17(4)20(16(3)22-24)27(25,26)21-13-18-10-6-7-11-19(18)23-12-8-9-15(2)14-23/h6-7,10-11,15,21H,5,8-9,12-14H2,1-4H3/t15-/m0/s1. The zero-order chi connectivity index (χ0) is 19.6. The number of benzene rings is 1. The highest BCUT2D eigenvalue weighted by atomic mass is 32.2. The minimum atomic E-state index is -3.62. The van der Waals surface area contributed by atoms with Crippen LogP contribution in [0.5, 0.6) is 0 Å². The van der Waals surface area contributed by atoms with Gasteiger partial charge in [-0.05, 0) is 51.2 Å². The van der Waals surface area contributed by atoms with Crippen LogP contribution in [0.1, 0.15) is 43.6 Å². The highest BCUT2D eigenvalue weighted by Gasteiger charge is 2.25. The Bertz CT molecular complexity index is 905. The molecule has 27 heavy (non-hydrogen) atoms. The Hall–Kier alpha value is -1.86. The first-order valence-electron chi connectivity index (χ1n) is 9.70. The highest BCUT2D eigenvalue weighted by Crippen LogP contribution is 2.27. The molecule has 1 aromatic carbocycles. The number of aromatic nitrogens is 2. The molecule has 1 aromatic heterocycles. The topological polar surface area (TPSA) is 67.2 Å². The summed E-state index contributed by atoms with van der Waals surface area (Å²) in [6.45, 7) is 10.8. The minimum Gasteiger partial charge on any atom is -0.371 e. The average Bonchev–Trinajstić information content (AvgIpc) is 2.94. The average molecular weight is 391 g/mol. The number of sulfonamides is 1. The number of hydrogen-bond donors (Lipinski definition) is 1. The van der Waals surface area contributed by atoms with Crippen LogP contribution in [0.4, 0.5) is 5.69 Å². The first-order valence-corrected chi connectivity index (χ1v) is 11.2. The molecular weight excluding hydrogens is 360 g/mol. The van der Waals surface area contributed by atoms with Crippen molar-refractivity contribution in [3.8, 4) is 0 Å². The van der Waals surface area contributed by atoms with Gasteiger partial charge in [-0.15, -0.1) is 0 Å². The monoisotopic (exact) mass is 390 g/mol. The number of aryl methyl sites for hydroxylation is 2. The fraction of sp³-hybridized carbons (Fsp3) is 0.550. The second-order valence-electron chi connectivity index (χ2n) is 7.46. The summed E-state index contributed by atoms with van der Waals surface area (Å²) in [5.74, 6) is 0.661. The zero-order valence-corrected chi connectivity index (χ0v) is 17.5. The van der Waals surface area contributed by atoms with E-state index < -0.39 is 10.0 Å². The van der Waals surface area contributed by atoms with Gasteiger partial charge in [-0.25, -0.2) is 13.1 Å². The molecule has 6 nitrogen and oxygen atoms in total. The molecule has 7 heteroatoms. The van der Waals surface area contributed by atoms with Crippen LogP contribution >= 0.6 is 0 Å². The van der Waals surface area contributed by atoms with Crippen LogP contribution in [0.15, 0.2) is 29.2 Å². The molecule has 1 N–H and O–H groups in total. The smallest absolute Gasteiger partial charge is 0.244 e. The van der Waals surface area contributed by atoms with E-state index in [9.17, 15) is 8.42 Å². The van der Waals surface area contributed by atoms with Crippen LogP contribution in [0.25, 0.3) is 0 Å². The normalized spacial score (nSPS) is 18.1. The Balaban J connectivity index is 1.82. The summed E-state index contributed by atoms with van der Waals surface area (Å²) in [4.78, 5) is 2.68. The van der Waals surface area contributed by atoms with Gasteiger partial charge in [0.15, 0.2) is 0 Å². The van der Waals surface area contributed by atoms with Gasteiger partial charge in [0.1, 0.15) is 4.90 Å². The zero-order valence-electron chi connectivity index (χ0n) is 16.7. The van der Waals surface area contributed by atoms with Crippen LogP contribution in [0.2, 0.25) is 0 Å². The molecule has 0 spiro atoms. The second kappa shape index (κ2) is 8.02. The van der Waals surface area contributed by atoms with Crippen molar-refractivity contribution >= 4 is 15.7 Å². The highest BCUT2D eigenvalue weighted by molar-refractivity contribution is 7.89. The van der Waals surface area contributed by atoms with Crippen molar-refractivity contribution in [2.45, 2.75) is 58.5 Å². The quantitative estimate of drug-likeness (QED) is 0.822. The summed E-state index contributed by atoms with van der Waals surface area (Å²) in [7, 11) is -3.62. The summed E-state index contributed by atoms with van der Waals surface area (Å²) in [5.41, 5.74) is 3.36. The first kappa shape index (κ1) is 19.9. The summed E-state index contributed by atoms with van der Waals surface area (Å²) in [5, 5.41) is 4.34. The van der Waals surface area contributed by atoms with Gasteiger partial charge >= 0.3 is 0 Å². The third kappa shape index (κ3) is 4.19. The molecule has 0 amide bonds. The van der Waals surface area contributed by atoms with Gasteiger partial charge in [0.2, 0.25) is 10.0 Å². The number of piperidine rings is 1. The van der Waals surface area contributed by atoms with E-state index in [1.165, 1.54) is 12.8 Å². The molecule has 0 radical (unpaired) electrons. The van der Waals surface area contributed by atoms with Crippen molar-refractivity contribution in [2.75, 3.05) is 18.0 Å². The lowest BCUT2D eigenvalue weighted by molar-refractivity contribution is 0.446. The van der Waals surface area contributed by atoms with E-state index in [0.717, 1.165) is 24.3 Å². The van der Waals surface area contributed by atoms with E-state index in [2.05, 4.69) is 27.7 Å². The van der Waals surface area contributed by atoms with Gasteiger partial charge in [-0.1, -0.05) is 25.1 Å². The molecule has 2 aromatic rings. The van der Waals surface area contributed by atoms with E-state index >= 15 is 0 Å². The Kier molecular flexibility index (Phi) is 5.91. The maximum Gasteiger partial charge on any atom is 0.244 e. The van der Waals surface area contributed by atoms with Crippen LogP contribution < -0.4 is 9.62 Å². The lowest BCUT2D eigenvalue weighted by Crippen LogP contribution is -2.35. The van der Waals surface area contributed by atoms with Crippen LogP contribution in [-0.2, 0) is 23.1 Å². The molecule has 148 valence electrons. The summed E-state index contributed by atoms with van der Waals surface area (Å²) in [6, 6.07) is 8.08. The lowest BCUT2D eigenvalue weighted by Gasteiger charge is -2.34. The van der Waals surface area contributed by atoms with Crippen LogP contribution in [0, 0.1) is 19.8 Å². The predicted molar refractivity (Wildman–Crippen MR) is 108 cm³/mol. The third-order valence-electron chi connectivity index (χ3n) is 5.33. The fourth-order valence-corrected chi connectivity index (χ4v) is 5.41. The molecule has 0 bridgehead atoms. The number of para-hydroxylation sites is 1. The van der Waals surface area contributed by atoms with Crippen molar-refractivity contribution in [1.82, 2.24) is 14.5 Å². The SMILES string of the molecule is CCn1nc(C)c(S(=O)(=O)NCc2ccccc2N2CCC[C@H](C)C2)c1C. The van der Waals surface area contributed by atoms with E-state index in [0.29, 0.717) is 28.7 Å². The number of rotatable bonds is 6. The molecule has 1 atom stereocenters. The summed E-state index contributed by atoms with van der Waals surface area (Å²) >= 11 is 0. The van der Waals surface area contributed by atoms with Crippen molar-refractivity contribution in [3.05, 3.63) is 41.2 Å². The van der Waals surface area contributed by atoms with E-state index in [1.54, 1.807) is 18.5 Å². The second-order valence-corrected chi connectivity index (χ2v) is 9.17. The van der Waals surface area contributed by atoms with E-state index in [4.69, 9.17) is 0 Å².